The van der Waals surface area contributed by atoms with Crippen molar-refractivity contribution < 1.29 is 4.42 Å². The normalized spacial score (nSPS) is 12.9. The van der Waals surface area contributed by atoms with Crippen LogP contribution < -0.4 is 4.90 Å². The molecule has 1 aromatic heterocycles. The second-order valence-electron chi connectivity index (χ2n) is 14.5. The molecule has 9 aromatic rings. The fraction of sp³-hybridized carbons (Fsp3) is 0.0588. The van der Waals surface area contributed by atoms with Crippen LogP contribution in [-0.4, -0.2) is 0 Å². The third-order valence-corrected chi connectivity index (χ3v) is 11.1. The summed E-state index contributed by atoms with van der Waals surface area (Å²) < 4.78 is 6.35. The SMILES string of the molecule is CC1(C)c2ccccc2-c2ccc(N(c3ccc(-c4ccccc4)cc3)c3ccc(-c4cccc5oc6ccccc6c45)c(-c4ccccc4)c3)cc21. The van der Waals surface area contributed by atoms with Crippen molar-refractivity contribution >= 4 is 39.0 Å². The van der Waals surface area contributed by atoms with E-state index in [0.29, 0.717) is 0 Å². The van der Waals surface area contributed by atoms with E-state index in [4.69, 9.17) is 4.42 Å². The quantitative estimate of drug-likeness (QED) is 0.174. The Morgan fingerprint density at radius 1 is 0.377 bits per heavy atom. The summed E-state index contributed by atoms with van der Waals surface area (Å²) >= 11 is 0. The standard InChI is InChI=1S/C51H37NO/c1-51(2)46-21-11-9-18-41(46)42-31-29-39(33-47(42)51)52(37-26-24-35(25-27-37)34-14-5-3-6-15-34)38-28-30-40(45(32-38)36-16-7-4-8-17-36)43-20-13-23-49-50(43)44-19-10-12-22-48(44)53-49/h3-33H,1-2H3. The molecule has 2 nitrogen and oxygen atoms in total. The predicted molar refractivity (Wildman–Crippen MR) is 222 cm³/mol. The van der Waals surface area contributed by atoms with Crippen molar-refractivity contribution in [1.82, 2.24) is 0 Å². The van der Waals surface area contributed by atoms with Crippen molar-refractivity contribution in [2.45, 2.75) is 19.3 Å². The number of hydrogen-bond donors (Lipinski definition) is 0. The van der Waals surface area contributed by atoms with Gasteiger partial charge in [0.05, 0.1) is 0 Å². The lowest BCUT2D eigenvalue weighted by molar-refractivity contribution is 0.660. The molecule has 10 rings (SSSR count). The molecular formula is C51H37NO. The van der Waals surface area contributed by atoms with Crippen molar-refractivity contribution in [2.75, 3.05) is 4.90 Å². The molecule has 53 heavy (non-hydrogen) atoms. The maximum Gasteiger partial charge on any atom is 0.136 e. The van der Waals surface area contributed by atoms with Crippen LogP contribution >= 0.6 is 0 Å². The van der Waals surface area contributed by atoms with Gasteiger partial charge in [0.25, 0.3) is 0 Å². The maximum atomic E-state index is 6.35. The molecular weight excluding hydrogens is 643 g/mol. The first-order valence-electron chi connectivity index (χ1n) is 18.3. The summed E-state index contributed by atoms with van der Waals surface area (Å²) in [5.74, 6) is 0. The number of nitrogens with zero attached hydrogens (tertiary/aromatic N) is 1. The van der Waals surface area contributed by atoms with Gasteiger partial charge in [-0.2, -0.15) is 0 Å². The molecule has 0 atom stereocenters. The van der Waals surface area contributed by atoms with Crippen LogP contribution in [0.15, 0.2) is 192 Å². The number of anilines is 3. The molecule has 8 aromatic carbocycles. The summed E-state index contributed by atoms with van der Waals surface area (Å²) in [7, 11) is 0. The average Bonchev–Trinajstić information content (AvgIpc) is 3.71. The highest BCUT2D eigenvalue weighted by molar-refractivity contribution is 6.13. The molecule has 252 valence electrons. The smallest absolute Gasteiger partial charge is 0.136 e. The van der Waals surface area contributed by atoms with Gasteiger partial charge in [-0.15, -0.1) is 0 Å². The number of benzene rings is 8. The molecule has 0 aliphatic heterocycles. The highest BCUT2D eigenvalue weighted by Crippen LogP contribution is 2.51. The molecule has 0 saturated heterocycles. The zero-order valence-electron chi connectivity index (χ0n) is 29.8. The Labute approximate surface area is 310 Å². The van der Waals surface area contributed by atoms with Crippen LogP contribution in [-0.2, 0) is 5.41 Å². The summed E-state index contributed by atoms with van der Waals surface area (Å²) in [6.45, 7) is 4.70. The molecule has 0 N–H and O–H groups in total. The number of fused-ring (bicyclic) bond motifs is 6. The second kappa shape index (κ2) is 12.3. The number of hydrogen-bond acceptors (Lipinski definition) is 2. The molecule has 1 aliphatic rings. The summed E-state index contributed by atoms with van der Waals surface area (Å²) in [6.07, 6.45) is 0. The van der Waals surface area contributed by atoms with E-state index in [2.05, 4.69) is 201 Å². The van der Waals surface area contributed by atoms with Gasteiger partial charge < -0.3 is 9.32 Å². The van der Waals surface area contributed by atoms with E-state index in [1.807, 2.05) is 6.07 Å². The van der Waals surface area contributed by atoms with Gasteiger partial charge in [-0.25, -0.2) is 0 Å². The molecule has 0 saturated carbocycles. The van der Waals surface area contributed by atoms with Gasteiger partial charge in [0.2, 0.25) is 0 Å². The van der Waals surface area contributed by atoms with Gasteiger partial charge in [-0.05, 0) is 104 Å². The van der Waals surface area contributed by atoms with E-state index in [0.717, 1.165) is 44.6 Å². The topological polar surface area (TPSA) is 16.4 Å². The molecule has 1 heterocycles. The van der Waals surface area contributed by atoms with Crippen LogP contribution in [0.25, 0.3) is 66.4 Å². The van der Waals surface area contributed by atoms with E-state index in [1.54, 1.807) is 0 Å². The minimum atomic E-state index is -0.115. The van der Waals surface area contributed by atoms with Crippen molar-refractivity contribution in [3.63, 3.8) is 0 Å². The molecule has 0 spiro atoms. The van der Waals surface area contributed by atoms with Crippen molar-refractivity contribution in [3.8, 4) is 44.5 Å². The van der Waals surface area contributed by atoms with Crippen molar-refractivity contribution in [1.29, 1.82) is 0 Å². The Bertz CT molecular complexity index is 2790. The minimum absolute atomic E-state index is 0.115. The van der Waals surface area contributed by atoms with Gasteiger partial charge in [-0.3, -0.25) is 0 Å². The number of furan rings is 1. The molecule has 0 fully saturated rings. The maximum absolute atomic E-state index is 6.35. The highest BCUT2D eigenvalue weighted by Gasteiger charge is 2.35. The Kier molecular flexibility index (Phi) is 7.19. The third kappa shape index (κ3) is 5.10. The van der Waals surface area contributed by atoms with Crippen LogP contribution in [0.3, 0.4) is 0 Å². The van der Waals surface area contributed by atoms with Crippen LogP contribution in [0, 0.1) is 0 Å². The Balaban J connectivity index is 1.19. The predicted octanol–water partition coefficient (Wildman–Crippen LogP) is 14.4. The Hall–Kier alpha value is -6.64. The number of rotatable bonds is 6. The van der Waals surface area contributed by atoms with Gasteiger partial charge in [0.1, 0.15) is 11.2 Å². The minimum Gasteiger partial charge on any atom is -0.456 e. The first-order chi connectivity index (χ1) is 26.0. The first kappa shape index (κ1) is 31.1. The first-order valence-corrected chi connectivity index (χ1v) is 18.3. The van der Waals surface area contributed by atoms with Crippen LogP contribution in [0.4, 0.5) is 17.1 Å². The largest absolute Gasteiger partial charge is 0.456 e. The molecule has 0 amide bonds. The zero-order chi connectivity index (χ0) is 35.5. The average molecular weight is 680 g/mol. The fourth-order valence-corrected chi connectivity index (χ4v) is 8.47. The monoisotopic (exact) mass is 679 g/mol. The highest BCUT2D eigenvalue weighted by atomic mass is 16.3. The Morgan fingerprint density at radius 3 is 1.74 bits per heavy atom. The number of para-hydroxylation sites is 1. The lowest BCUT2D eigenvalue weighted by Gasteiger charge is -2.29. The van der Waals surface area contributed by atoms with Gasteiger partial charge >= 0.3 is 0 Å². The van der Waals surface area contributed by atoms with Crippen molar-refractivity contribution in [2.24, 2.45) is 0 Å². The van der Waals surface area contributed by atoms with E-state index in [9.17, 15) is 0 Å². The van der Waals surface area contributed by atoms with Crippen LogP contribution in [0.5, 0.6) is 0 Å². The lowest BCUT2D eigenvalue weighted by Crippen LogP contribution is -2.16. The molecule has 2 heteroatoms. The zero-order valence-corrected chi connectivity index (χ0v) is 29.8. The molecule has 0 bridgehead atoms. The third-order valence-electron chi connectivity index (χ3n) is 11.1. The lowest BCUT2D eigenvalue weighted by atomic mass is 9.82. The summed E-state index contributed by atoms with van der Waals surface area (Å²) in [5, 5.41) is 2.27. The molecule has 1 aliphatic carbocycles. The van der Waals surface area contributed by atoms with Crippen molar-refractivity contribution in [3.05, 3.63) is 199 Å². The summed E-state index contributed by atoms with van der Waals surface area (Å²) in [6, 6.07) is 67.9. The van der Waals surface area contributed by atoms with Gasteiger partial charge in [0, 0.05) is 33.2 Å². The van der Waals surface area contributed by atoms with Crippen LogP contribution in [0.1, 0.15) is 25.0 Å². The second-order valence-corrected chi connectivity index (χ2v) is 14.5. The summed E-state index contributed by atoms with van der Waals surface area (Å²) in [4.78, 5) is 2.41. The fourth-order valence-electron chi connectivity index (χ4n) is 8.47. The van der Waals surface area contributed by atoms with E-state index >= 15 is 0 Å². The molecule has 0 radical (unpaired) electrons. The Morgan fingerprint density at radius 2 is 0.943 bits per heavy atom. The van der Waals surface area contributed by atoms with Gasteiger partial charge in [0.15, 0.2) is 0 Å². The molecule has 0 unspecified atom stereocenters. The van der Waals surface area contributed by atoms with E-state index in [1.165, 1.54) is 50.1 Å². The van der Waals surface area contributed by atoms with Gasteiger partial charge in [-0.1, -0.05) is 153 Å². The van der Waals surface area contributed by atoms with E-state index < -0.39 is 0 Å². The summed E-state index contributed by atoms with van der Waals surface area (Å²) in [5.41, 5.74) is 17.4. The van der Waals surface area contributed by atoms with Crippen LogP contribution in [0.2, 0.25) is 0 Å². The van der Waals surface area contributed by atoms with E-state index in [-0.39, 0.29) is 5.41 Å².